The van der Waals surface area contributed by atoms with Crippen molar-refractivity contribution in [3.63, 3.8) is 0 Å². The minimum atomic E-state index is -2.16. The minimum absolute atomic E-state index is 0.151. The maximum atomic E-state index is 6.60. The van der Waals surface area contributed by atoms with Gasteiger partial charge in [0.05, 0.1) is 0 Å². The number of hydrogen-bond acceptors (Lipinski definition) is 3. The molecule has 0 heterocycles. The number of nitrogens with two attached hydrogens (primary N) is 2. The van der Waals surface area contributed by atoms with Crippen molar-refractivity contribution in [3.05, 3.63) is 68.8 Å². The third-order valence-electron chi connectivity index (χ3n) is 5.17. The van der Waals surface area contributed by atoms with Crippen LogP contribution in [0.15, 0.2) is 24.3 Å². The van der Waals surface area contributed by atoms with Gasteiger partial charge in [-0.1, -0.05) is 0 Å². The number of rotatable bonds is 7. The molecular weight excluding hydrogens is 478 g/mol. The van der Waals surface area contributed by atoms with E-state index in [2.05, 4.69) is 69.5 Å². The van der Waals surface area contributed by atoms with E-state index in [1.54, 1.807) is 0 Å². The van der Waals surface area contributed by atoms with E-state index in [4.69, 9.17) is 30.8 Å². The van der Waals surface area contributed by atoms with Crippen molar-refractivity contribution in [2.45, 2.75) is 53.6 Å². The van der Waals surface area contributed by atoms with Crippen molar-refractivity contribution in [1.29, 1.82) is 0 Å². The van der Waals surface area contributed by atoms with E-state index < -0.39 is 14.2 Å². The van der Waals surface area contributed by atoms with Gasteiger partial charge in [0, 0.05) is 0 Å². The summed E-state index contributed by atoms with van der Waals surface area (Å²) in [6, 6.07) is 8.40. The molecule has 0 fully saturated rings. The van der Waals surface area contributed by atoms with Gasteiger partial charge in [0.15, 0.2) is 0 Å². The van der Waals surface area contributed by atoms with Crippen molar-refractivity contribution < 1.29 is 14.2 Å². The van der Waals surface area contributed by atoms with E-state index in [-0.39, 0.29) is 12.1 Å². The van der Waals surface area contributed by atoms with Gasteiger partial charge < -0.3 is 0 Å². The van der Waals surface area contributed by atoms with Gasteiger partial charge in [0.2, 0.25) is 0 Å². The molecule has 6 heteroatoms. The molecule has 0 spiro atoms. The molecule has 0 amide bonds. The number of nitrogens with zero attached hydrogens (tertiary/aromatic N) is 1. The molecule has 0 bridgehead atoms. The van der Waals surface area contributed by atoms with Crippen LogP contribution >= 0.6 is 19.4 Å². The second-order valence-electron chi connectivity index (χ2n) is 7.82. The summed E-state index contributed by atoms with van der Waals surface area (Å²) >= 11 is -2.16. The van der Waals surface area contributed by atoms with Crippen LogP contribution in [-0.4, -0.2) is 16.7 Å². The molecule has 2 aromatic rings. The Morgan fingerprint density at radius 1 is 0.714 bits per heavy atom. The maximum absolute atomic E-state index is 6.60. The molecule has 2 atom stereocenters. The fraction of sp³-hybridized carbons (Fsp3) is 0.455. The summed E-state index contributed by atoms with van der Waals surface area (Å²) in [7, 11) is 12.9. The molecule has 2 unspecified atom stereocenters. The first-order valence-corrected chi connectivity index (χ1v) is 14.7. The molecule has 2 rings (SSSR count). The van der Waals surface area contributed by atoms with Crippen LogP contribution in [0.4, 0.5) is 0 Å². The Labute approximate surface area is 183 Å². The zero-order chi connectivity index (χ0) is 21.2. The molecule has 28 heavy (non-hydrogen) atoms. The summed E-state index contributed by atoms with van der Waals surface area (Å²) < 4.78 is 2.10. The third-order valence-corrected chi connectivity index (χ3v) is 8.63. The van der Waals surface area contributed by atoms with Crippen LogP contribution in [-0.2, 0) is 14.2 Å². The van der Waals surface area contributed by atoms with E-state index >= 15 is 0 Å². The number of benzene rings is 2. The summed E-state index contributed by atoms with van der Waals surface area (Å²) in [5.41, 5.74) is 22.9. The molecule has 4 N–H and O–H groups in total. The fourth-order valence-electron chi connectivity index (χ4n) is 4.32. The molecule has 0 saturated carbocycles. The molecule has 0 aliphatic rings. The van der Waals surface area contributed by atoms with Gasteiger partial charge >= 0.3 is 184 Å². The molecular formula is C22H32Cl2N3Ru. The summed E-state index contributed by atoms with van der Waals surface area (Å²) in [4.78, 5) is 0. The normalized spacial score (nSPS) is 14.3. The second-order valence-corrected chi connectivity index (χ2v) is 13.6. The summed E-state index contributed by atoms with van der Waals surface area (Å²) in [6.07, 6.45) is 0. The van der Waals surface area contributed by atoms with Crippen molar-refractivity contribution in [3.8, 4) is 0 Å². The predicted octanol–water partition coefficient (Wildman–Crippen LogP) is 5.38. The van der Waals surface area contributed by atoms with Crippen molar-refractivity contribution in [2.75, 3.05) is 13.1 Å². The molecule has 0 aliphatic heterocycles. The molecule has 3 nitrogen and oxygen atoms in total. The molecule has 2 aromatic carbocycles. The SMILES string of the molecule is Cc1cc(C)c(C(N)C[N](CC(N)c2c(C)cc(C)cc2C)[Ru]([Cl])[Cl])c(C)c1. The van der Waals surface area contributed by atoms with Gasteiger partial charge in [0.25, 0.3) is 0 Å². The second kappa shape index (κ2) is 10.0. The summed E-state index contributed by atoms with van der Waals surface area (Å²) in [5, 5.41) is 0. The van der Waals surface area contributed by atoms with Gasteiger partial charge in [-0.05, 0) is 0 Å². The van der Waals surface area contributed by atoms with E-state index in [1.165, 1.54) is 44.5 Å². The first kappa shape index (κ1) is 23.8. The molecule has 0 aromatic heterocycles. The Morgan fingerprint density at radius 2 is 1.00 bits per heavy atom. The Kier molecular flexibility index (Phi) is 8.52. The Morgan fingerprint density at radius 3 is 1.25 bits per heavy atom. The van der Waals surface area contributed by atoms with Gasteiger partial charge in [-0.15, -0.1) is 0 Å². The average molecular weight is 510 g/mol. The topological polar surface area (TPSA) is 55.3 Å². The molecule has 157 valence electrons. The Balaban J connectivity index is 2.23. The van der Waals surface area contributed by atoms with Crippen LogP contribution in [0.3, 0.4) is 0 Å². The van der Waals surface area contributed by atoms with Gasteiger partial charge in [-0.25, -0.2) is 0 Å². The van der Waals surface area contributed by atoms with E-state index in [9.17, 15) is 0 Å². The van der Waals surface area contributed by atoms with Gasteiger partial charge in [-0.3, -0.25) is 0 Å². The van der Waals surface area contributed by atoms with Crippen molar-refractivity contribution in [1.82, 2.24) is 3.64 Å². The first-order valence-electron chi connectivity index (χ1n) is 9.43. The van der Waals surface area contributed by atoms with Crippen LogP contribution in [0.2, 0.25) is 0 Å². The summed E-state index contributed by atoms with van der Waals surface area (Å²) in [6.45, 7) is 13.9. The van der Waals surface area contributed by atoms with Crippen LogP contribution < -0.4 is 11.5 Å². The van der Waals surface area contributed by atoms with Gasteiger partial charge in [-0.2, -0.15) is 0 Å². The van der Waals surface area contributed by atoms with Crippen LogP contribution in [0, 0.1) is 41.5 Å². The number of hydrogen-bond donors (Lipinski definition) is 2. The van der Waals surface area contributed by atoms with Crippen molar-refractivity contribution >= 4 is 19.4 Å². The molecule has 0 aliphatic carbocycles. The number of aryl methyl sites for hydroxylation is 6. The van der Waals surface area contributed by atoms with Gasteiger partial charge in [0.1, 0.15) is 0 Å². The Bertz CT molecular complexity index is 727. The zero-order valence-electron chi connectivity index (χ0n) is 17.6. The molecule has 0 radical (unpaired) electrons. The summed E-state index contributed by atoms with van der Waals surface area (Å²) in [5.74, 6) is 0. The Hall–Kier alpha value is -0.477. The molecule has 0 saturated heterocycles. The van der Waals surface area contributed by atoms with E-state index in [1.807, 2.05) is 0 Å². The third kappa shape index (κ3) is 5.78. The van der Waals surface area contributed by atoms with Crippen LogP contribution in [0.1, 0.15) is 56.6 Å². The van der Waals surface area contributed by atoms with E-state index in [0.29, 0.717) is 13.1 Å². The quantitative estimate of drug-likeness (QED) is 0.492. The van der Waals surface area contributed by atoms with E-state index in [0.717, 1.165) is 0 Å². The van der Waals surface area contributed by atoms with Crippen LogP contribution in [0.5, 0.6) is 0 Å². The monoisotopic (exact) mass is 510 g/mol. The number of halogens is 2. The standard InChI is InChI=1S/C22H32N3.2ClH.Ru/c1-13-7-15(3)21(16(4)8-13)19(23)11-25-12-20(24)22-17(5)9-14(2)10-18(22)6;;;/h7-10,19-20H,11-12,23-24H2,1-6H3;2*1H;/q-1;;;+3/p-2. The fourth-order valence-corrected chi connectivity index (χ4v) is 6.64. The first-order chi connectivity index (χ1) is 13.0. The van der Waals surface area contributed by atoms with Crippen LogP contribution in [0.25, 0.3) is 0 Å². The predicted molar refractivity (Wildman–Crippen MR) is 118 cm³/mol. The average Bonchev–Trinajstić information content (AvgIpc) is 2.51. The van der Waals surface area contributed by atoms with Crippen molar-refractivity contribution in [2.24, 2.45) is 11.5 Å². The zero-order valence-corrected chi connectivity index (χ0v) is 20.8.